The summed E-state index contributed by atoms with van der Waals surface area (Å²) in [5, 5.41) is 3.38. The van der Waals surface area contributed by atoms with Gasteiger partial charge in [-0.1, -0.05) is 0 Å². The van der Waals surface area contributed by atoms with E-state index < -0.39 is 0 Å². The SMILES string of the molecule is O=C1CCCN1CC1CCN(C(=O)c2ccc(N[C@@H]3CCCOC3)nc2)CC1. The zero-order chi connectivity index (χ0) is 19.3. The van der Waals surface area contributed by atoms with Crippen LogP contribution in [0.5, 0.6) is 0 Å². The van der Waals surface area contributed by atoms with Crippen molar-refractivity contribution >= 4 is 17.6 Å². The topological polar surface area (TPSA) is 74.8 Å². The number of carbonyl (C=O) groups excluding carboxylic acids is 2. The van der Waals surface area contributed by atoms with Crippen molar-refractivity contribution in [1.82, 2.24) is 14.8 Å². The summed E-state index contributed by atoms with van der Waals surface area (Å²) in [7, 11) is 0. The molecule has 0 aliphatic carbocycles. The van der Waals surface area contributed by atoms with Gasteiger partial charge in [-0.05, 0) is 50.2 Å². The zero-order valence-electron chi connectivity index (χ0n) is 16.4. The molecule has 0 aromatic carbocycles. The van der Waals surface area contributed by atoms with Gasteiger partial charge < -0.3 is 19.9 Å². The highest BCUT2D eigenvalue weighted by atomic mass is 16.5. The van der Waals surface area contributed by atoms with Crippen LogP contribution < -0.4 is 5.32 Å². The molecule has 0 radical (unpaired) electrons. The standard InChI is InChI=1S/C21H30N4O3/c26-20-4-1-9-25(20)14-16-7-10-24(11-8-16)21(27)17-5-6-19(22-13-17)23-18-3-2-12-28-15-18/h5-6,13,16,18H,1-4,7-12,14-15H2,(H,22,23)/t18-/m1/s1. The molecule has 1 aromatic rings. The van der Waals surface area contributed by atoms with Crippen LogP contribution >= 0.6 is 0 Å². The number of likely N-dealkylation sites (tertiary alicyclic amines) is 2. The molecule has 152 valence electrons. The van der Waals surface area contributed by atoms with Crippen LogP contribution in [0.2, 0.25) is 0 Å². The van der Waals surface area contributed by atoms with E-state index in [-0.39, 0.29) is 11.8 Å². The first-order valence-electron chi connectivity index (χ1n) is 10.6. The van der Waals surface area contributed by atoms with Gasteiger partial charge in [0.15, 0.2) is 0 Å². The molecule has 4 rings (SSSR count). The van der Waals surface area contributed by atoms with Gasteiger partial charge in [0.1, 0.15) is 5.82 Å². The van der Waals surface area contributed by atoms with E-state index in [9.17, 15) is 9.59 Å². The van der Waals surface area contributed by atoms with Crippen molar-refractivity contribution in [3.05, 3.63) is 23.9 Å². The zero-order valence-corrected chi connectivity index (χ0v) is 16.4. The van der Waals surface area contributed by atoms with E-state index in [1.165, 1.54) is 0 Å². The fraction of sp³-hybridized carbons (Fsp3) is 0.667. The van der Waals surface area contributed by atoms with Gasteiger partial charge in [-0.3, -0.25) is 9.59 Å². The Balaban J connectivity index is 1.26. The molecule has 0 saturated carbocycles. The van der Waals surface area contributed by atoms with Gasteiger partial charge in [-0.2, -0.15) is 0 Å². The number of carbonyl (C=O) groups is 2. The number of nitrogens with one attached hydrogen (secondary N) is 1. The van der Waals surface area contributed by atoms with Crippen molar-refractivity contribution in [3.63, 3.8) is 0 Å². The van der Waals surface area contributed by atoms with Crippen LogP contribution in [0, 0.1) is 5.92 Å². The van der Waals surface area contributed by atoms with Crippen LogP contribution in [-0.4, -0.2) is 72.0 Å². The van der Waals surface area contributed by atoms with Crippen molar-refractivity contribution < 1.29 is 14.3 Å². The molecule has 28 heavy (non-hydrogen) atoms. The van der Waals surface area contributed by atoms with E-state index in [2.05, 4.69) is 10.3 Å². The third-order valence-electron chi connectivity index (χ3n) is 6.07. The van der Waals surface area contributed by atoms with Gasteiger partial charge in [-0.25, -0.2) is 4.98 Å². The molecule has 0 bridgehead atoms. The molecule has 7 nitrogen and oxygen atoms in total. The minimum absolute atomic E-state index is 0.0516. The van der Waals surface area contributed by atoms with E-state index in [4.69, 9.17) is 4.74 Å². The summed E-state index contributed by atoms with van der Waals surface area (Å²) in [6, 6.07) is 4.04. The Morgan fingerprint density at radius 3 is 2.68 bits per heavy atom. The maximum absolute atomic E-state index is 12.8. The lowest BCUT2D eigenvalue weighted by Crippen LogP contribution is -2.41. The van der Waals surface area contributed by atoms with E-state index in [0.29, 0.717) is 30.6 Å². The monoisotopic (exact) mass is 386 g/mol. The van der Waals surface area contributed by atoms with E-state index in [1.807, 2.05) is 21.9 Å². The first kappa shape index (κ1) is 19.2. The molecule has 1 atom stereocenters. The molecule has 3 aliphatic rings. The molecular weight excluding hydrogens is 356 g/mol. The number of piperidine rings is 1. The Kier molecular flexibility index (Phi) is 6.10. The van der Waals surface area contributed by atoms with Crippen molar-refractivity contribution in [2.45, 2.75) is 44.6 Å². The molecule has 3 saturated heterocycles. The highest BCUT2D eigenvalue weighted by Crippen LogP contribution is 2.22. The second kappa shape index (κ2) is 8.90. The number of rotatable bonds is 5. The summed E-state index contributed by atoms with van der Waals surface area (Å²) in [5.74, 6) is 1.64. The average Bonchev–Trinajstić information content (AvgIpc) is 3.14. The Hall–Kier alpha value is -2.15. The van der Waals surface area contributed by atoms with Crippen LogP contribution in [0.1, 0.15) is 48.9 Å². The van der Waals surface area contributed by atoms with Crippen LogP contribution in [0.4, 0.5) is 5.82 Å². The quantitative estimate of drug-likeness (QED) is 0.839. The Bertz CT molecular complexity index is 679. The van der Waals surface area contributed by atoms with Crippen molar-refractivity contribution in [1.29, 1.82) is 0 Å². The fourth-order valence-corrected chi connectivity index (χ4v) is 4.38. The molecule has 7 heteroatoms. The van der Waals surface area contributed by atoms with Gasteiger partial charge in [0.2, 0.25) is 5.91 Å². The highest BCUT2D eigenvalue weighted by Gasteiger charge is 2.28. The number of nitrogens with zero attached hydrogens (tertiary/aromatic N) is 3. The summed E-state index contributed by atoms with van der Waals surface area (Å²) >= 11 is 0. The predicted molar refractivity (Wildman–Crippen MR) is 106 cm³/mol. The summed E-state index contributed by atoms with van der Waals surface area (Å²) in [4.78, 5) is 32.9. The van der Waals surface area contributed by atoms with Crippen LogP contribution in [-0.2, 0) is 9.53 Å². The lowest BCUT2D eigenvalue weighted by Gasteiger charge is -2.34. The van der Waals surface area contributed by atoms with Gasteiger partial charge >= 0.3 is 0 Å². The maximum atomic E-state index is 12.8. The van der Waals surface area contributed by atoms with E-state index >= 15 is 0 Å². The normalized spacial score (nSPS) is 23.9. The van der Waals surface area contributed by atoms with Gasteiger partial charge in [0.05, 0.1) is 18.2 Å². The van der Waals surface area contributed by atoms with Crippen LogP contribution in [0.15, 0.2) is 18.3 Å². The second-order valence-corrected chi connectivity index (χ2v) is 8.17. The van der Waals surface area contributed by atoms with Crippen molar-refractivity contribution in [3.8, 4) is 0 Å². The van der Waals surface area contributed by atoms with Crippen molar-refractivity contribution in [2.24, 2.45) is 5.92 Å². The Morgan fingerprint density at radius 2 is 2.04 bits per heavy atom. The summed E-state index contributed by atoms with van der Waals surface area (Å²) in [6.07, 6.45) is 7.43. The molecule has 1 N–H and O–H groups in total. The number of ether oxygens (including phenoxy) is 1. The first-order valence-corrected chi connectivity index (χ1v) is 10.6. The minimum atomic E-state index is 0.0516. The predicted octanol–water partition coefficient (Wildman–Crippen LogP) is 2.15. The van der Waals surface area contributed by atoms with Gasteiger partial charge in [-0.15, -0.1) is 0 Å². The largest absolute Gasteiger partial charge is 0.379 e. The number of aromatic nitrogens is 1. The molecule has 0 unspecified atom stereocenters. The number of hydrogen-bond donors (Lipinski definition) is 1. The number of anilines is 1. The third-order valence-corrected chi connectivity index (χ3v) is 6.07. The third kappa shape index (κ3) is 4.63. The molecular formula is C21H30N4O3. The first-order chi connectivity index (χ1) is 13.7. The fourth-order valence-electron chi connectivity index (χ4n) is 4.38. The Labute approximate surface area is 166 Å². The molecule has 4 heterocycles. The molecule has 3 aliphatic heterocycles. The van der Waals surface area contributed by atoms with Gasteiger partial charge in [0, 0.05) is 45.4 Å². The van der Waals surface area contributed by atoms with Gasteiger partial charge in [0.25, 0.3) is 5.91 Å². The number of amides is 2. The van der Waals surface area contributed by atoms with Crippen LogP contribution in [0.3, 0.4) is 0 Å². The van der Waals surface area contributed by atoms with E-state index in [0.717, 1.165) is 70.7 Å². The maximum Gasteiger partial charge on any atom is 0.255 e. The average molecular weight is 386 g/mol. The summed E-state index contributed by atoms with van der Waals surface area (Å²) in [6.45, 7) is 4.81. The Morgan fingerprint density at radius 1 is 1.18 bits per heavy atom. The summed E-state index contributed by atoms with van der Waals surface area (Å²) < 4.78 is 5.48. The molecule has 3 fully saturated rings. The molecule has 2 amide bonds. The highest BCUT2D eigenvalue weighted by molar-refractivity contribution is 5.94. The number of hydrogen-bond acceptors (Lipinski definition) is 5. The number of pyridine rings is 1. The molecule has 0 spiro atoms. The van der Waals surface area contributed by atoms with Crippen molar-refractivity contribution in [2.75, 3.05) is 44.7 Å². The molecule has 1 aromatic heterocycles. The smallest absolute Gasteiger partial charge is 0.255 e. The lowest BCUT2D eigenvalue weighted by atomic mass is 9.96. The van der Waals surface area contributed by atoms with Crippen LogP contribution in [0.25, 0.3) is 0 Å². The lowest BCUT2D eigenvalue weighted by molar-refractivity contribution is -0.128. The van der Waals surface area contributed by atoms with E-state index in [1.54, 1.807) is 6.20 Å². The minimum Gasteiger partial charge on any atom is -0.379 e. The second-order valence-electron chi connectivity index (χ2n) is 8.17. The summed E-state index contributed by atoms with van der Waals surface area (Å²) in [5.41, 5.74) is 0.638.